The first-order valence-electron chi connectivity index (χ1n) is 5.95. The van der Waals surface area contributed by atoms with Crippen molar-refractivity contribution < 1.29 is 18.0 Å². The molecule has 0 aliphatic carbocycles. The van der Waals surface area contributed by atoms with Crippen LogP contribution in [0.25, 0.3) is 0 Å². The fourth-order valence-electron chi connectivity index (χ4n) is 1.65. The standard InChI is InChI=1S/C14H12F3N3O/c15-14(16,17)9-4-6-11(7-5-9)19-13(21)20-12-3-1-2-10(18)8-12/h1-8H,18H2,(H2,19,20,21). The molecule has 110 valence electrons. The van der Waals surface area contributed by atoms with Gasteiger partial charge in [0.2, 0.25) is 0 Å². The van der Waals surface area contributed by atoms with E-state index >= 15 is 0 Å². The molecular weight excluding hydrogens is 283 g/mol. The van der Waals surface area contributed by atoms with E-state index in [0.717, 1.165) is 12.1 Å². The zero-order valence-corrected chi connectivity index (χ0v) is 10.7. The second-order valence-electron chi connectivity index (χ2n) is 4.28. The Balaban J connectivity index is 2.00. The lowest BCUT2D eigenvalue weighted by molar-refractivity contribution is -0.137. The number of hydrogen-bond acceptors (Lipinski definition) is 2. The second kappa shape index (κ2) is 5.74. The monoisotopic (exact) mass is 295 g/mol. The number of urea groups is 1. The average molecular weight is 295 g/mol. The summed E-state index contributed by atoms with van der Waals surface area (Å²) in [7, 11) is 0. The molecule has 0 aliphatic heterocycles. The highest BCUT2D eigenvalue weighted by Gasteiger charge is 2.29. The highest BCUT2D eigenvalue weighted by Crippen LogP contribution is 2.29. The Morgan fingerprint density at radius 2 is 1.57 bits per heavy atom. The van der Waals surface area contributed by atoms with E-state index in [9.17, 15) is 18.0 Å². The maximum absolute atomic E-state index is 12.4. The molecule has 7 heteroatoms. The second-order valence-corrected chi connectivity index (χ2v) is 4.28. The van der Waals surface area contributed by atoms with E-state index in [0.29, 0.717) is 11.4 Å². The third-order valence-corrected chi connectivity index (χ3v) is 2.61. The van der Waals surface area contributed by atoms with Gasteiger partial charge in [-0.3, -0.25) is 0 Å². The van der Waals surface area contributed by atoms with Gasteiger partial charge in [-0.25, -0.2) is 4.79 Å². The Bertz CT molecular complexity index is 639. The first-order valence-corrected chi connectivity index (χ1v) is 5.95. The first-order chi connectivity index (χ1) is 9.84. The normalized spacial score (nSPS) is 11.0. The molecule has 2 aromatic carbocycles. The van der Waals surface area contributed by atoms with Crippen molar-refractivity contribution in [2.45, 2.75) is 6.18 Å². The van der Waals surface area contributed by atoms with Crippen molar-refractivity contribution in [3.8, 4) is 0 Å². The molecule has 0 saturated carbocycles. The number of carbonyl (C=O) groups is 1. The molecule has 4 N–H and O–H groups in total. The predicted octanol–water partition coefficient (Wildman–Crippen LogP) is 3.93. The van der Waals surface area contributed by atoms with Crippen molar-refractivity contribution in [2.24, 2.45) is 0 Å². The molecule has 0 heterocycles. The maximum atomic E-state index is 12.4. The fraction of sp³-hybridized carbons (Fsp3) is 0.0714. The van der Waals surface area contributed by atoms with E-state index in [1.165, 1.54) is 12.1 Å². The molecule has 0 radical (unpaired) electrons. The minimum atomic E-state index is -4.40. The zero-order chi connectivity index (χ0) is 15.5. The number of amides is 2. The molecule has 0 fully saturated rings. The summed E-state index contributed by atoms with van der Waals surface area (Å²) in [6.07, 6.45) is -4.40. The number of hydrogen-bond donors (Lipinski definition) is 3. The van der Waals surface area contributed by atoms with Crippen molar-refractivity contribution in [2.75, 3.05) is 16.4 Å². The van der Waals surface area contributed by atoms with Crippen LogP contribution in [0.4, 0.5) is 35.0 Å². The number of nitrogen functional groups attached to an aromatic ring is 1. The number of rotatable bonds is 2. The minimum absolute atomic E-state index is 0.254. The highest BCUT2D eigenvalue weighted by molar-refractivity contribution is 5.99. The van der Waals surface area contributed by atoms with Crippen LogP contribution in [0.3, 0.4) is 0 Å². The maximum Gasteiger partial charge on any atom is 0.416 e. The van der Waals surface area contributed by atoms with E-state index in [2.05, 4.69) is 10.6 Å². The quantitative estimate of drug-likeness (QED) is 0.735. The van der Waals surface area contributed by atoms with Crippen LogP contribution in [-0.2, 0) is 6.18 Å². The third-order valence-electron chi connectivity index (χ3n) is 2.61. The Hall–Kier alpha value is -2.70. The number of alkyl halides is 3. The van der Waals surface area contributed by atoms with Gasteiger partial charge in [-0.2, -0.15) is 13.2 Å². The van der Waals surface area contributed by atoms with E-state index in [4.69, 9.17) is 5.73 Å². The van der Waals surface area contributed by atoms with Crippen LogP contribution in [0.2, 0.25) is 0 Å². The van der Waals surface area contributed by atoms with Crippen molar-refractivity contribution >= 4 is 23.1 Å². The largest absolute Gasteiger partial charge is 0.416 e. The van der Waals surface area contributed by atoms with Gasteiger partial charge in [0.05, 0.1) is 5.56 Å². The number of nitrogens with one attached hydrogen (secondary N) is 2. The molecule has 0 unspecified atom stereocenters. The Morgan fingerprint density at radius 3 is 2.14 bits per heavy atom. The van der Waals surface area contributed by atoms with Gasteiger partial charge in [0.15, 0.2) is 0 Å². The van der Waals surface area contributed by atoms with Gasteiger partial charge in [-0.1, -0.05) is 6.07 Å². The van der Waals surface area contributed by atoms with Gasteiger partial charge in [0.1, 0.15) is 0 Å². The summed E-state index contributed by atoms with van der Waals surface area (Å²) in [6, 6.07) is 10.1. The fourth-order valence-corrected chi connectivity index (χ4v) is 1.65. The Labute approximate surface area is 118 Å². The third kappa shape index (κ3) is 4.13. The minimum Gasteiger partial charge on any atom is -0.399 e. The average Bonchev–Trinajstić information content (AvgIpc) is 2.38. The van der Waals surface area contributed by atoms with E-state index < -0.39 is 17.8 Å². The van der Waals surface area contributed by atoms with Crippen molar-refractivity contribution in [1.29, 1.82) is 0 Å². The lowest BCUT2D eigenvalue weighted by Gasteiger charge is -2.10. The molecule has 2 rings (SSSR count). The zero-order valence-electron chi connectivity index (χ0n) is 10.7. The van der Waals surface area contributed by atoms with Gasteiger partial charge in [0.25, 0.3) is 0 Å². The molecule has 0 aliphatic rings. The van der Waals surface area contributed by atoms with Gasteiger partial charge in [-0.05, 0) is 42.5 Å². The molecule has 0 saturated heterocycles. The molecule has 4 nitrogen and oxygen atoms in total. The summed E-state index contributed by atoms with van der Waals surface area (Å²) in [5, 5.41) is 4.95. The number of halogens is 3. The first kappa shape index (κ1) is 14.7. The van der Waals surface area contributed by atoms with Crippen LogP contribution in [-0.4, -0.2) is 6.03 Å². The number of nitrogens with two attached hydrogens (primary N) is 1. The smallest absolute Gasteiger partial charge is 0.399 e. The van der Waals surface area contributed by atoms with Gasteiger partial charge in [0, 0.05) is 17.1 Å². The Morgan fingerprint density at radius 1 is 0.952 bits per heavy atom. The summed E-state index contributed by atoms with van der Waals surface area (Å²) < 4.78 is 37.2. The molecule has 2 amide bonds. The summed E-state index contributed by atoms with van der Waals surface area (Å²) >= 11 is 0. The number of anilines is 3. The van der Waals surface area contributed by atoms with Crippen molar-refractivity contribution in [3.05, 3.63) is 54.1 Å². The number of carbonyl (C=O) groups excluding carboxylic acids is 1. The topological polar surface area (TPSA) is 67.1 Å². The summed E-state index contributed by atoms with van der Waals surface area (Å²) in [6.45, 7) is 0. The van der Waals surface area contributed by atoms with Crippen molar-refractivity contribution in [3.63, 3.8) is 0 Å². The van der Waals surface area contributed by atoms with E-state index in [1.54, 1.807) is 24.3 Å². The van der Waals surface area contributed by atoms with Crippen LogP contribution in [0.15, 0.2) is 48.5 Å². The predicted molar refractivity (Wildman–Crippen MR) is 74.9 cm³/mol. The molecule has 21 heavy (non-hydrogen) atoms. The van der Waals surface area contributed by atoms with Crippen LogP contribution in [0.5, 0.6) is 0 Å². The summed E-state index contributed by atoms with van der Waals surface area (Å²) in [5.74, 6) is 0. The molecule has 0 atom stereocenters. The van der Waals surface area contributed by atoms with Gasteiger partial charge >= 0.3 is 12.2 Å². The molecular formula is C14H12F3N3O. The van der Waals surface area contributed by atoms with Crippen molar-refractivity contribution in [1.82, 2.24) is 0 Å². The van der Waals surface area contributed by atoms with Crippen LogP contribution >= 0.6 is 0 Å². The highest BCUT2D eigenvalue weighted by atomic mass is 19.4. The SMILES string of the molecule is Nc1cccc(NC(=O)Nc2ccc(C(F)(F)F)cc2)c1. The number of benzene rings is 2. The van der Waals surface area contributed by atoms with E-state index in [-0.39, 0.29) is 5.69 Å². The van der Waals surface area contributed by atoms with Crippen LogP contribution in [0.1, 0.15) is 5.56 Å². The molecule has 0 aromatic heterocycles. The van der Waals surface area contributed by atoms with Gasteiger partial charge in [-0.15, -0.1) is 0 Å². The molecule has 0 spiro atoms. The summed E-state index contributed by atoms with van der Waals surface area (Å²) in [4.78, 5) is 11.7. The lowest BCUT2D eigenvalue weighted by atomic mass is 10.2. The molecule has 0 bridgehead atoms. The van der Waals surface area contributed by atoms with E-state index in [1.807, 2.05) is 0 Å². The van der Waals surface area contributed by atoms with Gasteiger partial charge < -0.3 is 16.4 Å². The van der Waals surface area contributed by atoms with Crippen LogP contribution < -0.4 is 16.4 Å². The molecule has 2 aromatic rings. The Kier molecular flexibility index (Phi) is 4.02. The lowest BCUT2D eigenvalue weighted by Crippen LogP contribution is -2.19. The van der Waals surface area contributed by atoms with Crippen LogP contribution in [0, 0.1) is 0 Å². The summed E-state index contributed by atoms with van der Waals surface area (Å²) in [5.41, 5.74) is 6.02.